The second-order valence-corrected chi connectivity index (χ2v) is 7.17. The van der Waals surface area contributed by atoms with Gasteiger partial charge in [0.05, 0.1) is 9.77 Å². The molecule has 106 valence electrons. The minimum Gasteiger partial charge on any atom is -0.306 e. The first kappa shape index (κ1) is 14.6. The maximum atomic E-state index is 12.0. The number of carbonyl (C=O) groups excluding carboxylic acids is 1. The van der Waals surface area contributed by atoms with E-state index in [1.165, 1.54) is 25.5 Å². The predicted octanol–water partition coefficient (Wildman–Crippen LogP) is 1.65. The second kappa shape index (κ2) is 5.70. The first-order chi connectivity index (χ1) is 9.41. The Balaban J connectivity index is 2.19. The van der Waals surface area contributed by atoms with E-state index in [0.717, 1.165) is 15.6 Å². The van der Waals surface area contributed by atoms with Gasteiger partial charge < -0.3 is 5.32 Å². The summed E-state index contributed by atoms with van der Waals surface area (Å²) in [5.74, 6) is 0.0387. The predicted molar refractivity (Wildman–Crippen MR) is 77.4 cm³/mol. The van der Waals surface area contributed by atoms with E-state index in [-0.39, 0.29) is 10.8 Å². The Hall–Kier alpha value is -1.77. The Labute approximate surface area is 121 Å². The lowest BCUT2D eigenvalue weighted by Crippen LogP contribution is -2.21. The van der Waals surface area contributed by atoms with Gasteiger partial charge in [-0.3, -0.25) is 4.79 Å². The number of pyridine rings is 1. The van der Waals surface area contributed by atoms with Crippen LogP contribution in [0, 0.1) is 0 Å². The SMILES string of the molecule is CN(C)S(=O)(=O)c1csc(C(=O)Nc2ccccn2)c1. The number of anilines is 1. The highest BCUT2D eigenvalue weighted by molar-refractivity contribution is 7.89. The van der Waals surface area contributed by atoms with Crippen LogP contribution in [0.25, 0.3) is 0 Å². The van der Waals surface area contributed by atoms with Gasteiger partial charge in [-0.2, -0.15) is 0 Å². The van der Waals surface area contributed by atoms with Gasteiger partial charge in [-0.05, 0) is 18.2 Å². The first-order valence-electron chi connectivity index (χ1n) is 5.64. The van der Waals surface area contributed by atoms with Crippen LogP contribution in [0.1, 0.15) is 9.67 Å². The third-order valence-electron chi connectivity index (χ3n) is 2.48. The van der Waals surface area contributed by atoms with Crippen LogP contribution in [0.15, 0.2) is 40.7 Å². The van der Waals surface area contributed by atoms with Crippen molar-refractivity contribution in [3.63, 3.8) is 0 Å². The van der Waals surface area contributed by atoms with Gasteiger partial charge >= 0.3 is 0 Å². The van der Waals surface area contributed by atoms with Crippen LogP contribution in [-0.4, -0.2) is 37.7 Å². The number of rotatable bonds is 4. The highest BCUT2D eigenvalue weighted by Gasteiger charge is 2.21. The van der Waals surface area contributed by atoms with Gasteiger partial charge in [-0.1, -0.05) is 6.07 Å². The molecule has 6 nitrogen and oxygen atoms in total. The molecule has 20 heavy (non-hydrogen) atoms. The number of aromatic nitrogens is 1. The highest BCUT2D eigenvalue weighted by atomic mass is 32.2. The third kappa shape index (κ3) is 3.03. The summed E-state index contributed by atoms with van der Waals surface area (Å²) in [7, 11) is -0.624. The molecule has 0 aliphatic carbocycles. The van der Waals surface area contributed by atoms with Crippen LogP contribution < -0.4 is 5.32 Å². The first-order valence-corrected chi connectivity index (χ1v) is 7.96. The van der Waals surface area contributed by atoms with E-state index in [1.807, 2.05) is 0 Å². The smallest absolute Gasteiger partial charge is 0.266 e. The number of amides is 1. The quantitative estimate of drug-likeness (QED) is 0.931. The van der Waals surface area contributed by atoms with Crippen molar-refractivity contribution < 1.29 is 13.2 Å². The van der Waals surface area contributed by atoms with Gasteiger partial charge in [0.25, 0.3) is 5.91 Å². The van der Waals surface area contributed by atoms with Crippen LogP contribution >= 0.6 is 11.3 Å². The zero-order chi connectivity index (χ0) is 14.8. The van der Waals surface area contributed by atoms with Crippen LogP contribution in [0.2, 0.25) is 0 Å². The molecule has 0 unspecified atom stereocenters. The summed E-state index contributed by atoms with van der Waals surface area (Å²) < 4.78 is 24.9. The molecule has 2 aromatic rings. The molecule has 0 spiro atoms. The van der Waals surface area contributed by atoms with Crippen LogP contribution in [0.4, 0.5) is 5.82 Å². The largest absolute Gasteiger partial charge is 0.306 e. The van der Waals surface area contributed by atoms with Gasteiger partial charge in [-0.15, -0.1) is 11.3 Å². The summed E-state index contributed by atoms with van der Waals surface area (Å²) in [6, 6.07) is 6.50. The molecule has 2 heterocycles. The molecule has 1 N–H and O–H groups in total. The Morgan fingerprint density at radius 1 is 1.35 bits per heavy atom. The van der Waals surface area contributed by atoms with E-state index in [1.54, 1.807) is 24.4 Å². The van der Waals surface area contributed by atoms with Crippen molar-refractivity contribution in [2.45, 2.75) is 4.90 Å². The fraction of sp³-hybridized carbons (Fsp3) is 0.167. The van der Waals surface area contributed by atoms with E-state index in [9.17, 15) is 13.2 Å². The van der Waals surface area contributed by atoms with Crippen molar-refractivity contribution in [2.24, 2.45) is 0 Å². The summed E-state index contributed by atoms with van der Waals surface area (Å²) in [5.41, 5.74) is 0. The maximum Gasteiger partial charge on any atom is 0.266 e. The molecule has 0 fully saturated rings. The van der Waals surface area contributed by atoms with E-state index in [4.69, 9.17) is 0 Å². The standard InChI is InChI=1S/C12H13N3O3S2/c1-15(2)20(17,18)9-7-10(19-8-9)12(16)14-11-5-3-4-6-13-11/h3-8H,1-2H3,(H,13,14,16). The fourth-order valence-corrected chi connectivity index (χ4v) is 3.46. The summed E-state index contributed by atoms with van der Waals surface area (Å²) in [4.78, 5) is 16.4. The number of carbonyl (C=O) groups is 1. The molecular weight excluding hydrogens is 298 g/mol. The number of nitrogens with zero attached hydrogens (tertiary/aromatic N) is 2. The Kier molecular flexibility index (Phi) is 4.17. The van der Waals surface area contributed by atoms with E-state index in [0.29, 0.717) is 10.7 Å². The zero-order valence-corrected chi connectivity index (χ0v) is 12.5. The summed E-state index contributed by atoms with van der Waals surface area (Å²) in [6.45, 7) is 0. The van der Waals surface area contributed by atoms with Gasteiger partial charge in [0.1, 0.15) is 5.82 Å². The average molecular weight is 311 g/mol. The lowest BCUT2D eigenvalue weighted by molar-refractivity contribution is 0.103. The minimum atomic E-state index is -3.51. The Bertz CT molecular complexity index is 709. The monoisotopic (exact) mass is 311 g/mol. The number of thiophene rings is 1. The number of hydrogen-bond donors (Lipinski definition) is 1. The summed E-state index contributed by atoms with van der Waals surface area (Å²) in [5, 5.41) is 4.05. The third-order valence-corrected chi connectivity index (χ3v) is 5.36. The molecule has 2 aromatic heterocycles. The molecule has 0 aliphatic heterocycles. The molecule has 2 rings (SSSR count). The summed E-state index contributed by atoms with van der Waals surface area (Å²) >= 11 is 1.08. The van der Waals surface area contributed by atoms with Crippen LogP contribution in [-0.2, 0) is 10.0 Å². The van der Waals surface area contributed by atoms with Crippen molar-refractivity contribution >= 4 is 33.1 Å². The maximum absolute atomic E-state index is 12.0. The molecule has 8 heteroatoms. The number of nitrogens with one attached hydrogen (secondary N) is 1. The normalized spacial score (nSPS) is 11.6. The number of sulfonamides is 1. The molecule has 0 aliphatic rings. The van der Waals surface area contributed by atoms with Gasteiger partial charge in [0.2, 0.25) is 10.0 Å². The van der Waals surface area contributed by atoms with E-state index in [2.05, 4.69) is 10.3 Å². The molecule has 0 radical (unpaired) electrons. The summed E-state index contributed by atoms with van der Waals surface area (Å²) in [6.07, 6.45) is 1.56. The second-order valence-electron chi connectivity index (χ2n) is 4.10. The molecule has 0 aromatic carbocycles. The van der Waals surface area contributed by atoms with Crippen molar-refractivity contribution in [1.82, 2.24) is 9.29 Å². The van der Waals surface area contributed by atoms with Gasteiger partial charge in [0, 0.05) is 25.7 Å². The van der Waals surface area contributed by atoms with Crippen molar-refractivity contribution in [2.75, 3.05) is 19.4 Å². The van der Waals surface area contributed by atoms with Crippen LogP contribution in [0.3, 0.4) is 0 Å². The van der Waals surface area contributed by atoms with Crippen molar-refractivity contribution in [3.05, 3.63) is 40.7 Å². The van der Waals surface area contributed by atoms with E-state index >= 15 is 0 Å². The molecule has 0 saturated carbocycles. The molecule has 0 saturated heterocycles. The zero-order valence-electron chi connectivity index (χ0n) is 10.9. The van der Waals surface area contributed by atoms with Crippen LogP contribution in [0.5, 0.6) is 0 Å². The topological polar surface area (TPSA) is 79.4 Å². The van der Waals surface area contributed by atoms with Crippen molar-refractivity contribution in [1.29, 1.82) is 0 Å². The fourth-order valence-electron chi connectivity index (χ4n) is 1.40. The molecule has 0 atom stereocenters. The highest BCUT2D eigenvalue weighted by Crippen LogP contribution is 2.22. The molecule has 0 bridgehead atoms. The lowest BCUT2D eigenvalue weighted by Gasteiger charge is -2.08. The average Bonchev–Trinajstić information content (AvgIpc) is 2.90. The van der Waals surface area contributed by atoms with Gasteiger partial charge in [0.15, 0.2) is 0 Å². The Morgan fingerprint density at radius 3 is 2.70 bits per heavy atom. The Morgan fingerprint density at radius 2 is 2.10 bits per heavy atom. The molecule has 1 amide bonds. The van der Waals surface area contributed by atoms with E-state index < -0.39 is 10.0 Å². The molecular formula is C12H13N3O3S2. The van der Waals surface area contributed by atoms with Gasteiger partial charge in [-0.25, -0.2) is 17.7 Å². The minimum absolute atomic E-state index is 0.110. The lowest BCUT2D eigenvalue weighted by atomic mass is 10.4. The van der Waals surface area contributed by atoms with Crippen molar-refractivity contribution in [3.8, 4) is 0 Å². The number of hydrogen-bond acceptors (Lipinski definition) is 5.